The molecule has 5 heteroatoms. The molecule has 1 saturated carbocycles. The van der Waals surface area contributed by atoms with E-state index in [1.165, 1.54) is 0 Å². The molecule has 1 aliphatic heterocycles. The van der Waals surface area contributed by atoms with Crippen molar-refractivity contribution in [3.8, 4) is 0 Å². The molecule has 2 N–H and O–H groups in total. The van der Waals surface area contributed by atoms with Crippen molar-refractivity contribution < 1.29 is 9.47 Å². The topological polar surface area (TPSA) is 47.7 Å². The van der Waals surface area contributed by atoms with Crippen molar-refractivity contribution in [2.75, 3.05) is 39.6 Å². The van der Waals surface area contributed by atoms with E-state index in [-0.39, 0.29) is 5.79 Å². The van der Waals surface area contributed by atoms with Crippen LogP contribution >= 0.6 is 11.8 Å². The van der Waals surface area contributed by atoms with Crippen molar-refractivity contribution >= 4 is 11.8 Å². The Morgan fingerprint density at radius 1 is 1.35 bits per heavy atom. The summed E-state index contributed by atoms with van der Waals surface area (Å²) in [4.78, 5) is 2.21. The molecule has 0 amide bonds. The van der Waals surface area contributed by atoms with Crippen LogP contribution in [0.2, 0.25) is 0 Å². The number of hydrogen-bond acceptors (Lipinski definition) is 5. The van der Waals surface area contributed by atoms with Gasteiger partial charge in [-0.05, 0) is 20.5 Å². The highest BCUT2D eigenvalue weighted by Gasteiger charge is 2.44. The summed E-state index contributed by atoms with van der Waals surface area (Å²) in [5.41, 5.74) is 6.20. The minimum atomic E-state index is -0.300. The van der Waals surface area contributed by atoms with Crippen molar-refractivity contribution in [3.05, 3.63) is 0 Å². The highest BCUT2D eigenvalue weighted by atomic mass is 32.2. The minimum absolute atomic E-state index is 0.292. The third kappa shape index (κ3) is 3.58. The van der Waals surface area contributed by atoms with E-state index in [0.717, 1.165) is 44.8 Å². The van der Waals surface area contributed by atoms with Crippen LogP contribution in [-0.2, 0) is 9.47 Å². The monoisotopic (exact) mass is 260 g/mol. The molecule has 0 aromatic rings. The van der Waals surface area contributed by atoms with E-state index in [1.54, 1.807) is 0 Å². The summed E-state index contributed by atoms with van der Waals surface area (Å²) < 4.78 is 11.6. The zero-order valence-corrected chi connectivity index (χ0v) is 11.7. The van der Waals surface area contributed by atoms with Crippen LogP contribution in [0.25, 0.3) is 0 Å². The first-order valence-electron chi connectivity index (χ1n) is 6.41. The van der Waals surface area contributed by atoms with Gasteiger partial charge >= 0.3 is 0 Å². The van der Waals surface area contributed by atoms with Crippen molar-refractivity contribution in [2.45, 2.75) is 36.3 Å². The number of hydrogen-bond donors (Lipinski definition) is 1. The van der Waals surface area contributed by atoms with Gasteiger partial charge in [-0.25, -0.2) is 0 Å². The molecule has 2 aliphatic rings. The summed E-state index contributed by atoms with van der Waals surface area (Å²) in [5, 5.41) is 0.474. The average Bonchev–Trinajstić information content (AvgIpc) is 2.72. The Labute approximate surface area is 108 Å². The first kappa shape index (κ1) is 13.6. The maximum Gasteiger partial charge on any atom is 0.169 e. The van der Waals surface area contributed by atoms with Crippen molar-refractivity contribution in [1.29, 1.82) is 0 Å². The largest absolute Gasteiger partial charge is 0.347 e. The summed E-state index contributed by atoms with van der Waals surface area (Å²) in [6, 6.07) is 0.292. The lowest BCUT2D eigenvalue weighted by molar-refractivity contribution is -0.176. The molecule has 1 spiro atoms. The van der Waals surface area contributed by atoms with Gasteiger partial charge in [-0.2, -0.15) is 11.8 Å². The van der Waals surface area contributed by atoms with Crippen LogP contribution in [-0.4, -0.2) is 61.6 Å². The van der Waals surface area contributed by atoms with Gasteiger partial charge in [0.2, 0.25) is 0 Å². The van der Waals surface area contributed by atoms with Crippen molar-refractivity contribution in [1.82, 2.24) is 4.90 Å². The molecule has 1 saturated heterocycles. The Balaban J connectivity index is 1.82. The van der Waals surface area contributed by atoms with E-state index in [2.05, 4.69) is 19.0 Å². The molecular formula is C12H24N2O2S. The lowest BCUT2D eigenvalue weighted by Crippen LogP contribution is -2.47. The average molecular weight is 260 g/mol. The highest BCUT2D eigenvalue weighted by Crippen LogP contribution is 2.39. The molecule has 0 bridgehead atoms. The van der Waals surface area contributed by atoms with E-state index in [1.807, 2.05) is 11.8 Å². The van der Waals surface area contributed by atoms with Crippen molar-refractivity contribution in [3.63, 3.8) is 0 Å². The summed E-state index contributed by atoms with van der Waals surface area (Å²) >= 11 is 1.97. The SMILES string of the molecule is CN(C)CCSC1CC2(CCC1N)OCCO2. The Morgan fingerprint density at radius 2 is 2.06 bits per heavy atom. The van der Waals surface area contributed by atoms with Gasteiger partial charge in [0.25, 0.3) is 0 Å². The summed E-state index contributed by atoms with van der Waals surface area (Å²) in [7, 11) is 4.21. The van der Waals surface area contributed by atoms with Gasteiger partial charge < -0.3 is 20.1 Å². The molecule has 2 atom stereocenters. The molecule has 17 heavy (non-hydrogen) atoms. The van der Waals surface area contributed by atoms with E-state index < -0.39 is 0 Å². The van der Waals surface area contributed by atoms with Crippen LogP contribution < -0.4 is 5.73 Å². The molecule has 100 valence electrons. The summed E-state index contributed by atoms with van der Waals surface area (Å²) in [6.07, 6.45) is 2.92. The fraction of sp³-hybridized carbons (Fsp3) is 1.00. The molecule has 1 heterocycles. The lowest BCUT2D eigenvalue weighted by Gasteiger charge is -2.39. The summed E-state index contributed by atoms with van der Waals surface area (Å²) in [6.45, 7) is 2.58. The molecule has 2 fully saturated rings. The molecule has 0 radical (unpaired) electrons. The quantitative estimate of drug-likeness (QED) is 0.814. The molecule has 1 aliphatic carbocycles. The number of rotatable bonds is 4. The normalized spacial score (nSPS) is 32.5. The van der Waals surface area contributed by atoms with Crippen LogP contribution in [0.4, 0.5) is 0 Å². The number of thioether (sulfide) groups is 1. The van der Waals surface area contributed by atoms with Gasteiger partial charge in [0.1, 0.15) is 0 Å². The van der Waals surface area contributed by atoms with E-state index >= 15 is 0 Å². The number of ether oxygens (including phenoxy) is 2. The van der Waals surface area contributed by atoms with Crippen LogP contribution in [0.3, 0.4) is 0 Å². The van der Waals surface area contributed by atoms with Gasteiger partial charge in [-0.1, -0.05) is 0 Å². The molecule has 0 aromatic carbocycles. The first-order valence-corrected chi connectivity index (χ1v) is 7.46. The molecule has 2 rings (SSSR count). The number of nitrogens with two attached hydrogens (primary N) is 1. The van der Waals surface area contributed by atoms with Gasteiger partial charge in [0, 0.05) is 36.4 Å². The Bertz CT molecular complexity index is 245. The van der Waals surface area contributed by atoms with Gasteiger partial charge in [0.15, 0.2) is 5.79 Å². The second kappa shape index (κ2) is 5.89. The zero-order chi connectivity index (χ0) is 12.3. The van der Waals surface area contributed by atoms with Gasteiger partial charge in [-0.15, -0.1) is 0 Å². The first-order chi connectivity index (χ1) is 8.11. The predicted octanol–water partition coefficient (Wildman–Crippen LogP) is 0.904. The van der Waals surface area contributed by atoms with Crippen molar-refractivity contribution in [2.24, 2.45) is 5.73 Å². The standard InChI is InChI=1S/C12H24N2O2S/c1-14(2)5-8-17-11-9-12(4-3-10(11)13)15-6-7-16-12/h10-11H,3-9,13H2,1-2H3. The fourth-order valence-electron chi connectivity index (χ4n) is 2.46. The molecular weight excluding hydrogens is 236 g/mol. The van der Waals surface area contributed by atoms with Crippen LogP contribution in [0.5, 0.6) is 0 Å². The van der Waals surface area contributed by atoms with E-state index in [4.69, 9.17) is 15.2 Å². The smallest absolute Gasteiger partial charge is 0.169 e. The highest BCUT2D eigenvalue weighted by molar-refractivity contribution is 8.00. The Kier molecular flexibility index (Phi) is 4.72. The number of nitrogens with zero attached hydrogens (tertiary/aromatic N) is 1. The third-order valence-electron chi connectivity index (χ3n) is 3.53. The Hall–Kier alpha value is 0.190. The fourth-order valence-corrected chi connectivity index (χ4v) is 3.99. The van der Waals surface area contributed by atoms with Gasteiger partial charge in [-0.3, -0.25) is 0 Å². The second-order valence-electron chi connectivity index (χ2n) is 5.23. The maximum absolute atomic E-state index is 6.20. The molecule has 0 aromatic heterocycles. The van der Waals surface area contributed by atoms with Crippen LogP contribution in [0, 0.1) is 0 Å². The lowest BCUT2D eigenvalue weighted by atomic mass is 9.90. The van der Waals surface area contributed by atoms with Crippen LogP contribution in [0.1, 0.15) is 19.3 Å². The molecule has 4 nitrogen and oxygen atoms in total. The van der Waals surface area contributed by atoms with Gasteiger partial charge in [0.05, 0.1) is 13.2 Å². The third-order valence-corrected chi connectivity index (χ3v) is 4.89. The van der Waals surface area contributed by atoms with E-state index in [0.29, 0.717) is 11.3 Å². The maximum atomic E-state index is 6.20. The summed E-state index contributed by atoms with van der Waals surface area (Å²) in [5.74, 6) is 0.826. The minimum Gasteiger partial charge on any atom is -0.347 e. The van der Waals surface area contributed by atoms with E-state index in [9.17, 15) is 0 Å². The van der Waals surface area contributed by atoms with Crippen LogP contribution in [0.15, 0.2) is 0 Å². The predicted molar refractivity (Wildman–Crippen MR) is 71.3 cm³/mol. The zero-order valence-electron chi connectivity index (χ0n) is 10.9. The Morgan fingerprint density at radius 3 is 2.71 bits per heavy atom. The molecule has 2 unspecified atom stereocenters. The second-order valence-corrected chi connectivity index (χ2v) is 6.57.